The predicted molar refractivity (Wildman–Crippen MR) is 125 cm³/mol. The second kappa shape index (κ2) is 12.5. The molecule has 7 nitrogen and oxygen atoms in total. The number of likely N-dealkylation sites (tertiary alicyclic amines) is 1. The highest BCUT2D eigenvalue weighted by Crippen LogP contribution is 2.28. The van der Waals surface area contributed by atoms with Crippen molar-refractivity contribution in [2.75, 3.05) is 26.8 Å². The molecule has 0 radical (unpaired) electrons. The van der Waals surface area contributed by atoms with Gasteiger partial charge in [-0.15, -0.1) is 0 Å². The number of nitrogens with one attached hydrogen (secondary N) is 1. The summed E-state index contributed by atoms with van der Waals surface area (Å²) >= 11 is 0. The van der Waals surface area contributed by atoms with Crippen molar-refractivity contribution < 1.29 is 19.1 Å². The van der Waals surface area contributed by atoms with Crippen LogP contribution < -0.4 is 14.8 Å². The molecule has 1 saturated heterocycles. The molecule has 2 aromatic carbocycles. The zero-order chi connectivity index (χ0) is 23.5. The molecule has 2 aromatic rings. The van der Waals surface area contributed by atoms with E-state index in [2.05, 4.69) is 11.4 Å². The lowest BCUT2D eigenvalue weighted by Gasteiger charge is -2.32. The number of aryl methyl sites for hydroxylation is 1. The van der Waals surface area contributed by atoms with Gasteiger partial charge in [0.05, 0.1) is 25.3 Å². The first-order chi connectivity index (χ1) is 16.1. The molecule has 0 unspecified atom stereocenters. The molecule has 1 N–H and O–H groups in total. The largest absolute Gasteiger partial charge is 0.493 e. The SMILES string of the molecule is COc1cc(C#N)ccc1OCCCC(=O)N1CCC(NC(=O)CCc2ccccc2)CC1. The van der Waals surface area contributed by atoms with E-state index >= 15 is 0 Å². The van der Waals surface area contributed by atoms with Crippen LogP contribution in [0.2, 0.25) is 0 Å². The molecule has 0 atom stereocenters. The van der Waals surface area contributed by atoms with E-state index < -0.39 is 0 Å². The van der Waals surface area contributed by atoms with Crippen LogP contribution in [0.5, 0.6) is 11.5 Å². The van der Waals surface area contributed by atoms with Crippen molar-refractivity contribution in [3.05, 3.63) is 59.7 Å². The number of amides is 2. The second-order valence-electron chi connectivity index (χ2n) is 8.14. The fraction of sp³-hybridized carbons (Fsp3) is 0.423. The second-order valence-corrected chi connectivity index (χ2v) is 8.14. The third kappa shape index (κ3) is 7.53. The molecule has 1 aliphatic heterocycles. The van der Waals surface area contributed by atoms with E-state index in [-0.39, 0.29) is 17.9 Å². The van der Waals surface area contributed by atoms with Gasteiger partial charge in [0.15, 0.2) is 11.5 Å². The summed E-state index contributed by atoms with van der Waals surface area (Å²) in [5.41, 5.74) is 1.67. The molecule has 0 saturated carbocycles. The van der Waals surface area contributed by atoms with Crippen molar-refractivity contribution in [3.8, 4) is 17.6 Å². The Balaban J connectivity index is 1.32. The van der Waals surface area contributed by atoms with Crippen molar-refractivity contribution in [3.63, 3.8) is 0 Å². The lowest BCUT2D eigenvalue weighted by molar-refractivity contribution is -0.132. The molecule has 3 rings (SSSR count). The number of rotatable bonds is 10. The monoisotopic (exact) mass is 449 g/mol. The molecule has 2 amide bonds. The van der Waals surface area contributed by atoms with E-state index in [0.717, 1.165) is 24.8 Å². The number of hydrogen-bond acceptors (Lipinski definition) is 5. The van der Waals surface area contributed by atoms with E-state index in [1.807, 2.05) is 35.2 Å². The number of carbonyl (C=O) groups is 2. The first kappa shape index (κ1) is 24.1. The summed E-state index contributed by atoms with van der Waals surface area (Å²) < 4.78 is 11.0. The molecule has 1 fully saturated rings. The normalized spacial score (nSPS) is 13.8. The topological polar surface area (TPSA) is 91.7 Å². The third-order valence-electron chi connectivity index (χ3n) is 5.78. The van der Waals surface area contributed by atoms with Gasteiger partial charge in [0.1, 0.15) is 0 Å². The highest BCUT2D eigenvalue weighted by molar-refractivity contribution is 5.77. The fourth-order valence-electron chi connectivity index (χ4n) is 3.90. The Morgan fingerprint density at radius 1 is 1.09 bits per heavy atom. The van der Waals surface area contributed by atoms with Gasteiger partial charge in [0.2, 0.25) is 11.8 Å². The number of methoxy groups -OCH3 is 1. The first-order valence-corrected chi connectivity index (χ1v) is 11.4. The Kier molecular flexibility index (Phi) is 9.13. The van der Waals surface area contributed by atoms with Crippen LogP contribution in [-0.2, 0) is 16.0 Å². The summed E-state index contributed by atoms with van der Waals surface area (Å²) in [6.07, 6.45) is 3.78. The number of nitriles is 1. The van der Waals surface area contributed by atoms with Crippen molar-refractivity contribution in [2.45, 2.75) is 44.6 Å². The Morgan fingerprint density at radius 2 is 1.85 bits per heavy atom. The fourth-order valence-corrected chi connectivity index (χ4v) is 3.90. The smallest absolute Gasteiger partial charge is 0.222 e. The zero-order valence-electron chi connectivity index (χ0n) is 19.1. The van der Waals surface area contributed by atoms with Crippen LogP contribution >= 0.6 is 0 Å². The highest BCUT2D eigenvalue weighted by atomic mass is 16.5. The predicted octanol–water partition coefficient (Wildman–Crippen LogP) is 3.47. The first-order valence-electron chi connectivity index (χ1n) is 11.4. The van der Waals surface area contributed by atoms with Crippen molar-refractivity contribution in [1.82, 2.24) is 10.2 Å². The Morgan fingerprint density at radius 3 is 2.55 bits per heavy atom. The van der Waals surface area contributed by atoms with Gasteiger partial charge in [0, 0.05) is 38.0 Å². The molecule has 33 heavy (non-hydrogen) atoms. The average molecular weight is 450 g/mol. The van der Waals surface area contributed by atoms with Crippen LogP contribution in [0.1, 0.15) is 43.2 Å². The minimum absolute atomic E-state index is 0.0685. The molecule has 0 spiro atoms. The Labute approximate surface area is 195 Å². The minimum atomic E-state index is 0.0685. The summed E-state index contributed by atoms with van der Waals surface area (Å²) in [4.78, 5) is 26.6. The maximum Gasteiger partial charge on any atom is 0.222 e. The van der Waals surface area contributed by atoms with Crippen molar-refractivity contribution >= 4 is 11.8 Å². The van der Waals surface area contributed by atoms with Gasteiger partial charge >= 0.3 is 0 Å². The molecular formula is C26H31N3O4. The van der Waals surface area contributed by atoms with Crippen LogP contribution in [0.4, 0.5) is 0 Å². The molecule has 0 aromatic heterocycles. The molecule has 7 heteroatoms. The Hall–Kier alpha value is -3.53. The Bertz CT molecular complexity index is 963. The zero-order valence-corrected chi connectivity index (χ0v) is 19.1. The lowest BCUT2D eigenvalue weighted by Crippen LogP contribution is -2.46. The van der Waals surface area contributed by atoms with Crippen LogP contribution in [0.15, 0.2) is 48.5 Å². The number of carbonyl (C=O) groups excluding carboxylic acids is 2. The average Bonchev–Trinajstić information content (AvgIpc) is 2.86. The van der Waals surface area contributed by atoms with Crippen LogP contribution in [0, 0.1) is 11.3 Å². The molecule has 174 valence electrons. The molecule has 0 bridgehead atoms. The lowest BCUT2D eigenvalue weighted by atomic mass is 10.0. The summed E-state index contributed by atoms with van der Waals surface area (Å²) in [6.45, 7) is 1.71. The van der Waals surface area contributed by atoms with E-state index in [1.165, 1.54) is 7.11 Å². The van der Waals surface area contributed by atoms with Gasteiger partial charge in [-0.25, -0.2) is 0 Å². The maximum absolute atomic E-state index is 12.5. The van der Waals surface area contributed by atoms with Crippen molar-refractivity contribution in [1.29, 1.82) is 5.26 Å². The third-order valence-corrected chi connectivity index (χ3v) is 5.78. The summed E-state index contributed by atoms with van der Waals surface area (Å²) in [7, 11) is 1.53. The number of nitrogens with zero attached hydrogens (tertiary/aromatic N) is 2. The van der Waals surface area contributed by atoms with Gasteiger partial charge in [-0.05, 0) is 43.4 Å². The number of hydrogen-bond donors (Lipinski definition) is 1. The van der Waals surface area contributed by atoms with Crippen LogP contribution in [0.3, 0.4) is 0 Å². The van der Waals surface area contributed by atoms with E-state index in [4.69, 9.17) is 14.7 Å². The van der Waals surface area contributed by atoms with Gasteiger partial charge in [-0.1, -0.05) is 30.3 Å². The summed E-state index contributed by atoms with van der Waals surface area (Å²) in [5.74, 6) is 1.25. The van der Waals surface area contributed by atoms with Gasteiger partial charge in [-0.3, -0.25) is 9.59 Å². The van der Waals surface area contributed by atoms with Gasteiger partial charge in [0.25, 0.3) is 0 Å². The highest BCUT2D eigenvalue weighted by Gasteiger charge is 2.23. The number of ether oxygens (including phenoxy) is 2. The van der Waals surface area contributed by atoms with E-state index in [9.17, 15) is 9.59 Å². The van der Waals surface area contributed by atoms with Gasteiger partial charge in [-0.2, -0.15) is 5.26 Å². The van der Waals surface area contributed by atoms with Crippen molar-refractivity contribution in [2.24, 2.45) is 0 Å². The van der Waals surface area contributed by atoms with Crippen LogP contribution in [0.25, 0.3) is 0 Å². The summed E-state index contributed by atoms with van der Waals surface area (Å²) in [6, 6.07) is 17.2. The van der Waals surface area contributed by atoms with E-state index in [1.54, 1.807) is 18.2 Å². The van der Waals surface area contributed by atoms with Gasteiger partial charge < -0.3 is 19.7 Å². The molecular weight excluding hydrogens is 418 g/mol. The molecule has 1 aliphatic rings. The summed E-state index contributed by atoms with van der Waals surface area (Å²) in [5, 5.41) is 12.1. The van der Waals surface area contributed by atoms with Crippen LogP contribution in [-0.4, -0.2) is 49.6 Å². The maximum atomic E-state index is 12.5. The number of piperidine rings is 1. The molecule has 0 aliphatic carbocycles. The standard InChI is InChI=1S/C26H31N3O4/c1-32-24-18-21(19-27)9-11-23(24)33-17-5-8-26(31)29-15-13-22(14-16-29)28-25(30)12-10-20-6-3-2-4-7-20/h2-4,6-7,9,11,18,22H,5,8,10,12-17H2,1H3,(H,28,30). The minimum Gasteiger partial charge on any atom is -0.493 e. The molecule has 1 heterocycles. The quantitative estimate of drug-likeness (QED) is 0.561. The number of benzene rings is 2. The van der Waals surface area contributed by atoms with E-state index in [0.29, 0.717) is 56.0 Å².